The predicted molar refractivity (Wildman–Crippen MR) is 64.9 cm³/mol. The number of ketones is 2. The van der Waals surface area contributed by atoms with Crippen molar-refractivity contribution in [3.63, 3.8) is 0 Å². The Morgan fingerprint density at radius 2 is 1.19 bits per heavy atom. The number of primary amides is 1. The molecule has 0 spiro atoms. The molecule has 0 bridgehead atoms. The van der Waals surface area contributed by atoms with Crippen LogP contribution in [-0.2, 0) is 14.4 Å². The molecule has 0 aliphatic carbocycles. The quantitative estimate of drug-likeness (QED) is 0.656. The molecule has 0 aromatic rings. The van der Waals surface area contributed by atoms with E-state index in [0.717, 1.165) is 6.08 Å². The fourth-order valence-electron chi connectivity index (χ4n) is 0. The summed E-state index contributed by atoms with van der Waals surface area (Å²) in [7, 11) is 0. The highest BCUT2D eigenvalue weighted by atomic mass is 16.2. The molecular weight excluding hydrogens is 210 g/mol. The Bertz CT molecular complexity index is 180. The summed E-state index contributed by atoms with van der Waals surface area (Å²) in [5, 5.41) is 7.57. The summed E-state index contributed by atoms with van der Waals surface area (Å²) in [4.78, 5) is 28.4. The van der Waals surface area contributed by atoms with Crippen molar-refractivity contribution in [2.75, 3.05) is 6.61 Å². The maximum atomic E-state index is 9.47. The van der Waals surface area contributed by atoms with E-state index in [4.69, 9.17) is 5.11 Å². The highest BCUT2D eigenvalue weighted by Crippen LogP contribution is 1.51. The molecule has 1 amide bonds. The van der Waals surface area contributed by atoms with Gasteiger partial charge in [-0.2, -0.15) is 0 Å². The first-order valence-corrected chi connectivity index (χ1v) is 4.62. The molecule has 0 fully saturated rings. The van der Waals surface area contributed by atoms with E-state index < -0.39 is 5.91 Å². The molecule has 0 atom stereocenters. The van der Waals surface area contributed by atoms with Gasteiger partial charge in [-0.25, -0.2) is 0 Å². The second-order valence-corrected chi connectivity index (χ2v) is 2.74. The standard InChI is InChI=1S/C3H5NO.2C3H6O.C2H6O/c1-2-3(4)5;2*1-3(2)4;1-2-3/h2H,1H2,(H2,4,5);2*1-2H3;3H,2H2,1H3. The molecule has 0 saturated carbocycles. The van der Waals surface area contributed by atoms with Gasteiger partial charge in [-0.05, 0) is 40.7 Å². The van der Waals surface area contributed by atoms with E-state index >= 15 is 0 Å². The molecule has 96 valence electrons. The molecule has 0 heterocycles. The number of hydrogen-bond donors (Lipinski definition) is 2. The summed E-state index contributed by atoms with van der Waals surface area (Å²) < 4.78 is 0. The summed E-state index contributed by atoms with van der Waals surface area (Å²) in [5.41, 5.74) is 4.53. The summed E-state index contributed by atoms with van der Waals surface area (Å²) in [5.74, 6) is -0.148. The molecular formula is C11H23NO4. The largest absolute Gasteiger partial charge is 0.397 e. The van der Waals surface area contributed by atoms with Gasteiger partial charge >= 0.3 is 0 Å². The Morgan fingerprint density at radius 3 is 1.19 bits per heavy atom. The molecule has 0 aliphatic rings. The van der Waals surface area contributed by atoms with Gasteiger partial charge < -0.3 is 20.4 Å². The van der Waals surface area contributed by atoms with Crippen LogP contribution in [0.5, 0.6) is 0 Å². The highest BCUT2D eigenvalue weighted by molar-refractivity contribution is 5.84. The highest BCUT2D eigenvalue weighted by Gasteiger charge is 1.69. The lowest BCUT2D eigenvalue weighted by Gasteiger charge is -1.65. The van der Waals surface area contributed by atoms with E-state index in [1.54, 1.807) is 6.92 Å². The maximum absolute atomic E-state index is 9.47. The van der Waals surface area contributed by atoms with Gasteiger partial charge in [0.25, 0.3) is 0 Å². The van der Waals surface area contributed by atoms with E-state index in [1.807, 2.05) is 0 Å². The number of aliphatic hydroxyl groups is 1. The van der Waals surface area contributed by atoms with Gasteiger partial charge in [-0.1, -0.05) is 6.58 Å². The molecule has 0 aliphatic heterocycles. The molecule has 16 heavy (non-hydrogen) atoms. The molecule has 5 nitrogen and oxygen atoms in total. The number of carbonyl (C=O) groups is 3. The van der Waals surface area contributed by atoms with Crippen molar-refractivity contribution in [2.45, 2.75) is 34.6 Å². The van der Waals surface area contributed by atoms with Crippen LogP contribution < -0.4 is 5.73 Å². The first-order chi connectivity index (χ1) is 7.15. The zero-order valence-electron chi connectivity index (χ0n) is 10.7. The third-order valence-corrected chi connectivity index (χ3v) is 0.201. The van der Waals surface area contributed by atoms with Crippen LogP contribution in [0.2, 0.25) is 0 Å². The van der Waals surface area contributed by atoms with Crippen LogP contribution in [0.1, 0.15) is 34.6 Å². The Hall–Kier alpha value is -1.49. The summed E-state index contributed by atoms with van der Waals surface area (Å²) in [6.45, 7) is 11.1. The number of hydrogen-bond acceptors (Lipinski definition) is 4. The second kappa shape index (κ2) is 23.4. The Balaban J connectivity index is -0.0000000610. The number of nitrogens with two attached hydrogens (primary N) is 1. The lowest BCUT2D eigenvalue weighted by molar-refractivity contribution is -0.115. The molecule has 0 aromatic carbocycles. The van der Waals surface area contributed by atoms with E-state index in [1.165, 1.54) is 27.7 Å². The third-order valence-electron chi connectivity index (χ3n) is 0.201. The number of rotatable bonds is 1. The predicted octanol–water partition coefficient (Wildman–Crippen LogP) is 0.847. The maximum Gasteiger partial charge on any atom is 0.240 e. The Kier molecular flexibility index (Phi) is 35.0. The second-order valence-electron chi connectivity index (χ2n) is 2.74. The van der Waals surface area contributed by atoms with E-state index in [-0.39, 0.29) is 18.2 Å². The van der Waals surface area contributed by atoms with Gasteiger partial charge in [0, 0.05) is 6.61 Å². The molecule has 0 saturated heterocycles. The van der Waals surface area contributed by atoms with E-state index in [2.05, 4.69) is 12.3 Å². The molecule has 0 aromatic heterocycles. The van der Waals surface area contributed by atoms with Crippen molar-refractivity contribution in [3.8, 4) is 0 Å². The van der Waals surface area contributed by atoms with Crippen LogP contribution in [0.3, 0.4) is 0 Å². The van der Waals surface area contributed by atoms with Crippen LogP contribution in [0.4, 0.5) is 0 Å². The number of aliphatic hydroxyl groups excluding tert-OH is 1. The SMILES string of the molecule is C=CC(N)=O.CC(C)=O.CC(C)=O.CCO. The topological polar surface area (TPSA) is 97.5 Å². The number of Topliss-reactive ketones (excluding diaryl/α,β-unsaturated/α-hetero) is 2. The van der Waals surface area contributed by atoms with Crippen LogP contribution in [0.25, 0.3) is 0 Å². The van der Waals surface area contributed by atoms with Gasteiger partial charge in [0.1, 0.15) is 11.6 Å². The van der Waals surface area contributed by atoms with Gasteiger partial charge in [0.15, 0.2) is 0 Å². The fourth-order valence-corrected chi connectivity index (χ4v) is 0. The van der Waals surface area contributed by atoms with Gasteiger partial charge in [0.2, 0.25) is 5.91 Å². The van der Waals surface area contributed by atoms with Crippen LogP contribution >= 0.6 is 0 Å². The van der Waals surface area contributed by atoms with E-state index in [9.17, 15) is 14.4 Å². The zero-order chi connectivity index (χ0) is 14.1. The van der Waals surface area contributed by atoms with Crippen molar-refractivity contribution >= 4 is 17.5 Å². The molecule has 5 heteroatoms. The van der Waals surface area contributed by atoms with Crippen molar-refractivity contribution in [1.29, 1.82) is 0 Å². The third kappa shape index (κ3) is 6370. The molecule has 0 radical (unpaired) electrons. The van der Waals surface area contributed by atoms with Crippen molar-refractivity contribution < 1.29 is 19.5 Å². The van der Waals surface area contributed by atoms with Crippen LogP contribution in [-0.4, -0.2) is 29.2 Å². The van der Waals surface area contributed by atoms with Crippen molar-refractivity contribution in [3.05, 3.63) is 12.7 Å². The smallest absolute Gasteiger partial charge is 0.240 e. The minimum Gasteiger partial charge on any atom is -0.397 e. The van der Waals surface area contributed by atoms with Crippen LogP contribution in [0, 0.1) is 0 Å². The zero-order valence-corrected chi connectivity index (χ0v) is 10.7. The average molecular weight is 233 g/mol. The van der Waals surface area contributed by atoms with Gasteiger partial charge in [-0.3, -0.25) is 4.79 Å². The molecule has 0 unspecified atom stereocenters. The first kappa shape index (κ1) is 24.0. The number of amides is 1. The monoisotopic (exact) mass is 233 g/mol. The summed E-state index contributed by atoms with van der Waals surface area (Å²) in [6.07, 6.45) is 1.06. The minimum absolute atomic E-state index is 0.167. The van der Waals surface area contributed by atoms with Crippen molar-refractivity contribution in [1.82, 2.24) is 0 Å². The average Bonchev–Trinajstić information content (AvgIpc) is 2.03. The summed E-state index contributed by atoms with van der Waals surface area (Å²) >= 11 is 0. The van der Waals surface area contributed by atoms with Gasteiger partial charge in [-0.15, -0.1) is 0 Å². The van der Waals surface area contributed by atoms with Gasteiger partial charge in [0.05, 0.1) is 0 Å². The lowest BCUT2D eigenvalue weighted by Crippen LogP contribution is -2.04. The fraction of sp³-hybridized carbons (Fsp3) is 0.545. The normalized spacial score (nSPS) is 6.38. The minimum atomic E-state index is -0.481. The Labute approximate surface area is 97.3 Å². The van der Waals surface area contributed by atoms with E-state index in [0.29, 0.717) is 0 Å². The molecule has 0 rings (SSSR count). The molecule has 3 N–H and O–H groups in total. The van der Waals surface area contributed by atoms with Crippen molar-refractivity contribution in [2.24, 2.45) is 5.73 Å². The number of carbonyl (C=O) groups excluding carboxylic acids is 3. The van der Waals surface area contributed by atoms with Crippen LogP contribution in [0.15, 0.2) is 12.7 Å². The first-order valence-electron chi connectivity index (χ1n) is 4.62. The Morgan fingerprint density at radius 1 is 1.12 bits per heavy atom. The summed E-state index contributed by atoms with van der Waals surface area (Å²) in [6, 6.07) is 0. The lowest BCUT2D eigenvalue weighted by atomic mass is 10.6.